The third kappa shape index (κ3) is 5.34. The highest BCUT2D eigenvalue weighted by Crippen LogP contribution is 2.28. The first-order valence-corrected chi connectivity index (χ1v) is 9.70. The lowest BCUT2D eigenvalue weighted by Crippen LogP contribution is -2.27. The van der Waals surface area contributed by atoms with E-state index in [0.29, 0.717) is 29.8 Å². The van der Waals surface area contributed by atoms with Crippen molar-refractivity contribution in [1.82, 2.24) is 10.0 Å². The zero-order valence-corrected chi connectivity index (χ0v) is 14.3. The fourth-order valence-corrected chi connectivity index (χ4v) is 4.51. The molecule has 1 heterocycles. The molecule has 0 unspecified atom stereocenters. The minimum atomic E-state index is -3.41. The first-order valence-electron chi connectivity index (χ1n) is 7.40. The van der Waals surface area contributed by atoms with E-state index in [0.717, 1.165) is 23.6 Å². The maximum absolute atomic E-state index is 12.2. The van der Waals surface area contributed by atoms with E-state index < -0.39 is 10.0 Å². The molecule has 0 saturated heterocycles. The topological polar surface area (TPSA) is 67.4 Å². The molecule has 2 N–H and O–H groups in total. The minimum Gasteiger partial charge on any atom is -0.380 e. The van der Waals surface area contributed by atoms with Crippen molar-refractivity contribution < 1.29 is 13.2 Å². The van der Waals surface area contributed by atoms with E-state index in [1.54, 1.807) is 6.07 Å². The van der Waals surface area contributed by atoms with E-state index in [1.165, 1.54) is 24.2 Å². The summed E-state index contributed by atoms with van der Waals surface area (Å²) in [6.45, 7) is 7.08. The molecular formula is C14H24N2O3S2. The quantitative estimate of drug-likeness (QED) is 0.642. The van der Waals surface area contributed by atoms with Gasteiger partial charge in [0.2, 0.25) is 10.0 Å². The van der Waals surface area contributed by atoms with Crippen LogP contribution in [0.15, 0.2) is 10.3 Å². The molecule has 0 atom stereocenters. The Hall–Kier alpha value is -0.470. The monoisotopic (exact) mass is 332 g/mol. The molecule has 1 aromatic heterocycles. The van der Waals surface area contributed by atoms with Crippen LogP contribution in [0.3, 0.4) is 0 Å². The summed E-state index contributed by atoms with van der Waals surface area (Å²) in [5.41, 5.74) is 1.02. The van der Waals surface area contributed by atoms with Crippen LogP contribution in [-0.4, -0.2) is 34.7 Å². The molecular weight excluding hydrogens is 308 g/mol. The second-order valence-electron chi connectivity index (χ2n) is 5.37. The van der Waals surface area contributed by atoms with Gasteiger partial charge in [-0.2, -0.15) is 0 Å². The van der Waals surface area contributed by atoms with Gasteiger partial charge >= 0.3 is 0 Å². The van der Waals surface area contributed by atoms with Gasteiger partial charge < -0.3 is 10.1 Å². The highest BCUT2D eigenvalue weighted by molar-refractivity contribution is 7.91. The molecule has 2 rings (SSSR count). The SMILES string of the molecule is CCNCc1sc(S(=O)(=O)NCCOCC2CC2)cc1C. The number of thiophene rings is 1. The lowest BCUT2D eigenvalue weighted by Gasteiger charge is -2.05. The zero-order chi connectivity index (χ0) is 15.3. The number of aryl methyl sites for hydroxylation is 1. The van der Waals surface area contributed by atoms with Gasteiger partial charge in [-0.1, -0.05) is 6.92 Å². The standard InChI is InChI=1S/C14H24N2O3S2/c1-3-15-9-13-11(2)8-14(20-13)21(17,18)16-6-7-19-10-12-4-5-12/h8,12,15-16H,3-7,9-10H2,1-2H3. The summed E-state index contributed by atoms with van der Waals surface area (Å²) in [4.78, 5) is 1.07. The predicted molar refractivity (Wildman–Crippen MR) is 85.2 cm³/mol. The molecule has 1 aliphatic carbocycles. The van der Waals surface area contributed by atoms with Crippen LogP contribution in [0.1, 0.15) is 30.2 Å². The van der Waals surface area contributed by atoms with Crippen molar-refractivity contribution in [2.75, 3.05) is 26.3 Å². The molecule has 0 spiro atoms. The van der Waals surface area contributed by atoms with E-state index in [2.05, 4.69) is 10.0 Å². The molecule has 0 bridgehead atoms. The van der Waals surface area contributed by atoms with Gasteiger partial charge in [0.1, 0.15) is 4.21 Å². The molecule has 5 nitrogen and oxygen atoms in total. The van der Waals surface area contributed by atoms with Crippen LogP contribution in [-0.2, 0) is 21.3 Å². The van der Waals surface area contributed by atoms with E-state index in [-0.39, 0.29) is 0 Å². The van der Waals surface area contributed by atoms with Crippen LogP contribution in [0.5, 0.6) is 0 Å². The number of nitrogens with one attached hydrogen (secondary N) is 2. The molecule has 0 amide bonds. The van der Waals surface area contributed by atoms with Crippen molar-refractivity contribution in [2.24, 2.45) is 5.92 Å². The Balaban J connectivity index is 1.82. The van der Waals surface area contributed by atoms with Gasteiger partial charge in [0, 0.05) is 24.6 Å². The first-order chi connectivity index (χ1) is 10.0. The summed E-state index contributed by atoms with van der Waals surface area (Å²) in [5.74, 6) is 0.704. The number of ether oxygens (including phenoxy) is 1. The van der Waals surface area contributed by atoms with Crippen molar-refractivity contribution in [2.45, 2.75) is 37.4 Å². The van der Waals surface area contributed by atoms with Gasteiger partial charge in [-0.3, -0.25) is 0 Å². The third-order valence-electron chi connectivity index (χ3n) is 3.39. The Morgan fingerprint density at radius 2 is 2.19 bits per heavy atom. The maximum Gasteiger partial charge on any atom is 0.250 e. The smallest absolute Gasteiger partial charge is 0.250 e. The van der Waals surface area contributed by atoms with Crippen LogP contribution in [0, 0.1) is 12.8 Å². The van der Waals surface area contributed by atoms with Gasteiger partial charge in [-0.25, -0.2) is 13.1 Å². The van der Waals surface area contributed by atoms with E-state index in [9.17, 15) is 8.42 Å². The Kier molecular flexibility index (Phi) is 6.19. The summed E-state index contributed by atoms with van der Waals surface area (Å²) in [7, 11) is -3.41. The Morgan fingerprint density at radius 1 is 1.43 bits per heavy atom. The number of sulfonamides is 1. The van der Waals surface area contributed by atoms with Crippen LogP contribution in [0.25, 0.3) is 0 Å². The molecule has 0 aromatic carbocycles. The van der Waals surface area contributed by atoms with Crippen LogP contribution in [0.4, 0.5) is 0 Å². The van der Waals surface area contributed by atoms with Crippen molar-refractivity contribution >= 4 is 21.4 Å². The number of rotatable bonds is 10. The Morgan fingerprint density at radius 3 is 2.86 bits per heavy atom. The van der Waals surface area contributed by atoms with Crippen LogP contribution in [0.2, 0.25) is 0 Å². The molecule has 0 aliphatic heterocycles. The molecule has 1 saturated carbocycles. The first kappa shape index (κ1) is 16.9. The Labute approximate surface area is 131 Å². The lowest BCUT2D eigenvalue weighted by molar-refractivity contribution is 0.129. The largest absolute Gasteiger partial charge is 0.380 e. The summed E-state index contributed by atoms with van der Waals surface area (Å²) >= 11 is 1.33. The van der Waals surface area contributed by atoms with Crippen molar-refractivity contribution in [3.05, 3.63) is 16.5 Å². The molecule has 21 heavy (non-hydrogen) atoms. The Bertz CT molecular complexity index is 551. The predicted octanol–water partition coefficient (Wildman–Crippen LogP) is 1.87. The molecule has 1 fully saturated rings. The molecule has 7 heteroatoms. The molecule has 0 radical (unpaired) electrons. The van der Waals surface area contributed by atoms with Gasteiger partial charge in [0.25, 0.3) is 0 Å². The second-order valence-corrected chi connectivity index (χ2v) is 8.50. The number of hydrogen-bond donors (Lipinski definition) is 2. The average molecular weight is 332 g/mol. The highest BCUT2D eigenvalue weighted by atomic mass is 32.2. The maximum atomic E-state index is 12.2. The minimum absolute atomic E-state index is 0.328. The number of hydrogen-bond acceptors (Lipinski definition) is 5. The van der Waals surface area contributed by atoms with E-state index >= 15 is 0 Å². The van der Waals surface area contributed by atoms with Crippen LogP contribution < -0.4 is 10.0 Å². The molecule has 120 valence electrons. The lowest BCUT2D eigenvalue weighted by atomic mass is 10.3. The van der Waals surface area contributed by atoms with E-state index in [4.69, 9.17) is 4.74 Å². The summed E-state index contributed by atoms with van der Waals surface area (Å²) < 4.78 is 32.8. The fraction of sp³-hybridized carbons (Fsp3) is 0.714. The summed E-state index contributed by atoms with van der Waals surface area (Å²) in [6.07, 6.45) is 2.49. The normalized spacial score (nSPS) is 15.5. The van der Waals surface area contributed by atoms with Crippen molar-refractivity contribution in [3.63, 3.8) is 0 Å². The van der Waals surface area contributed by atoms with Crippen molar-refractivity contribution in [1.29, 1.82) is 0 Å². The summed E-state index contributed by atoms with van der Waals surface area (Å²) in [5, 5.41) is 3.22. The molecule has 1 aliphatic rings. The fourth-order valence-electron chi connectivity index (χ4n) is 1.89. The van der Waals surface area contributed by atoms with Crippen LogP contribution >= 0.6 is 11.3 Å². The summed E-state index contributed by atoms with van der Waals surface area (Å²) in [6, 6.07) is 1.74. The average Bonchev–Trinajstić information content (AvgIpc) is 3.18. The highest BCUT2D eigenvalue weighted by Gasteiger charge is 2.21. The van der Waals surface area contributed by atoms with Gasteiger partial charge in [0.05, 0.1) is 6.61 Å². The molecule has 1 aromatic rings. The van der Waals surface area contributed by atoms with Gasteiger partial charge in [-0.05, 0) is 43.9 Å². The van der Waals surface area contributed by atoms with Gasteiger partial charge in [-0.15, -0.1) is 11.3 Å². The second kappa shape index (κ2) is 7.69. The van der Waals surface area contributed by atoms with Crippen molar-refractivity contribution in [3.8, 4) is 0 Å². The van der Waals surface area contributed by atoms with Gasteiger partial charge in [0.15, 0.2) is 0 Å². The van der Waals surface area contributed by atoms with E-state index in [1.807, 2.05) is 13.8 Å². The third-order valence-corrected chi connectivity index (χ3v) is 6.56. The zero-order valence-electron chi connectivity index (χ0n) is 12.6.